The van der Waals surface area contributed by atoms with Gasteiger partial charge in [0.05, 0.1) is 23.2 Å². The Balaban J connectivity index is 1.52. The zero-order valence-corrected chi connectivity index (χ0v) is 24.0. The van der Waals surface area contributed by atoms with Crippen molar-refractivity contribution < 1.29 is 14.0 Å². The fourth-order valence-corrected chi connectivity index (χ4v) is 6.49. The average Bonchev–Trinajstić information content (AvgIpc) is 3.36. The van der Waals surface area contributed by atoms with Crippen LogP contribution < -0.4 is 10.3 Å². The van der Waals surface area contributed by atoms with Crippen molar-refractivity contribution in [1.29, 1.82) is 0 Å². The Morgan fingerprint density at radius 1 is 0.714 bits per heavy atom. The van der Waals surface area contributed by atoms with E-state index in [4.69, 9.17) is 4.42 Å². The van der Waals surface area contributed by atoms with Crippen molar-refractivity contribution in [2.24, 2.45) is 0 Å². The maximum absolute atomic E-state index is 15.0. The van der Waals surface area contributed by atoms with Gasteiger partial charge in [0, 0.05) is 12.1 Å². The molecular weight excluding hydrogens is 524 g/mol. The van der Waals surface area contributed by atoms with Crippen molar-refractivity contribution in [1.82, 2.24) is 4.90 Å². The molecule has 6 heteroatoms. The Kier molecular flexibility index (Phi) is 5.74. The van der Waals surface area contributed by atoms with Gasteiger partial charge in [-0.3, -0.25) is 14.4 Å². The lowest BCUT2D eigenvalue weighted by atomic mass is 9.83. The molecule has 0 aliphatic carbocycles. The van der Waals surface area contributed by atoms with E-state index >= 15 is 0 Å². The van der Waals surface area contributed by atoms with E-state index in [1.54, 1.807) is 21.9 Å². The first-order valence-electron chi connectivity index (χ1n) is 14.1. The highest BCUT2D eigenvalue weighted by Gasteiger charge is 2.65. The number of hydrogen-bond acceptors (Lipinski definition) is 4. The zero-order valence-electron chi connectivity index (χ0n) is 24.0. The molecule has 4 aromatic carbocycles. The number of amides is 2. The van der Waals surface area contributed by atoms with Gasteiger partial charge in [-0.05, 0) is 68.1 Å². The number of rotatable bonds is 4. The van der Waals surface area contributed by atoms with Crippen molar-refractivity contribution in [2.45, 2.75) is 46.3 Å². The van der Waals surface area contributed by atoms with Crippen LogP contribution in [-0.2, 0) is 23.4 Å². The molecule has 2 aliphatic heterocycles. The number of benzene rings is 4. The van der Waals surface area contributed by atoms with E-state index in [0.717, 1.165) is 33.4 Å². The molecule has 1 spiro atoms. The average molecular weight is 555 g/mol. The number of anilines is 1. The first kappa shape index (κ1) is 26.0. The van der Waals surface area contributed by atoms with Gasteiger partial charge >= 0.3 is 0 Å². The molecule has 3 heterocycles. The van der Waals surface area contributed by atoms with Crippen LogP contribution in [0.4, 0.5) is 5.69 Å². The molecule has 7 rings (SSSR count). The number of hydrogen-bond donors (Lipinski definition) is 0. The van der Waals surface area contributed by atoms with Crippen molar-refractivity contribution in [3.63, 3.8) is 0 Å². The third kappa shape index (κ3) is 3.61. The van der Waals surface area contributed by atoms with E-state index < -0.39 is 11.4 Å². The van der Waals surface area contributed by atoms with Crippen molar-refractivity contribution in [3.8, 4) is 0 Å². The van der Waals surface area contributed by atoms with Gasteiger partial charge in [-0.1, -0.05) is 77.9 Å². The lowest BCUT2D eigenvalue weighted by molar-refractivity contribution is -0.126. The SMILES string of the molecule is Cc1ccc(CN2C(=O)c3oc4cc(C)c(C)cc4c(=O)c3C23C(=O)N(Cc2cccc(C)c2)c2ccccc23)cc1. The van der Waals surface area contributed by atoms with Gasteiger partial charge < -0.3 is 14.2 Å². The second-order valence-electron chi connectivity index (χ2n) is 11.6. The Hall–Kier alpha value is -4.97. The summed E-state index contributed by atoms with van der Waals surface area (Å²) in [6.45, 7) is 8.33. The normalized spacial score (nSPS) is 17.4. The van der Waals surface area contributed by atoms with Crippen LogP contribution in [0.25, 0.3) is 11.0 Å². The highest BCUT2D eigenvalue weighted by molar-refractivity contribution is 6.17. The van der Waals surface area contributed by atoms with E-state index in [2.05, 4.69) is 0 Å². The van der Waals surface area contributed by atoms with Crippen LogP contribution in [0, 0.1) is 27.7 Å². The molecule has 42 heavy (non-hydrogen) atoms. The standard InChI is InChI=1S/C36H30N2O4/c1-21-12-14-25(15-13-21)20-38-34(40)33-31(32(39)27-17-23(3)24(4)18-30(27)42-33)36(38)28-10-5-6-11-29(28)37(35(36)41)19-26-9-7-8-22(2)16-26/h5-18H,19-20H2,1-4H3. The van der Waals surface area contributed by atoms with Crippen LogP contribution in [0.1, 0.15) is 55.1 Å². The van der Waals surface area contributed by atoms with E-state index in [0.29, 0.717) is 28.8 Å². The number of carbonyl (C=O) groups is 2. The predicted octanol–water partition coefficient (Wildman–Crippen LogP) is 6.47. The fourth-order valence-electron chi connectivity index (χ4n) is 6.49. The molecule has 6 nitrogen and oxygen atoms in total. The highest BCUT2D eigenvalue weighted by atomic mass is 16.3. The molecule has 0 N–H and O–H groups in total. The van der Waals surface area contributed by atoms with Crippen LogP contribution in [0.15, 0.2) is 94.1 Å². The summed E-state index contributed by atoms with van der Waals surface area (Å²) in [5.74, 6) is -0.869. The molecule has 1 atom stereocenters. The molecule has 0 radical (unpaired) electrons. The Labute approximate surface area is 243 Å². The van der Waals surface area contributed by atoms with Crippen LogP contribution in [0.2, 0.25) is 0 Å². The second kappa shape index (κ2) is 9.28. The summed E-state index contributed by atoms with van der Waals surface area (Å²) >= 11 is 0. The summed E-state index contributed by atoms with van der Waals surface area (Å²) in [6.07, 6.45) is 0. The van der Waals surface area contributed by atoms with E-state index in [-0.39, 0.29) is 29.2 Å². The van der Waals surface area contributed by atoms with Crippen LogP contribution in [0.5, 0.6) is 0 Å². The van der Waals surface area contributed by atoms with Gasteiger partial charge in [0.2, 0.25) is 5.76 Å². The maximum atomic E-state index is 15.0. The molecule has 5 aromatic rings. The van der Waals surface area contributed by atoms with Crippen molar-refractivity contribution in [2.75, 3.05) is 4.90 Å². The monoisotopic (exact) mass is 554 g/mol. The molecule has 2 aliphatic rings. The summed E-state index contributed by atoms with van der Waals surface area (Å²) in [4.78, 5) is 47.1. The highest BCUT2D eigenvalue weighted by Crippen LogP contribution is 2.53. The zero-order chi connectivity index (χ0) is 29.3. The minimum Gasteiger partial charge on any atom is -0.450 e. The number of fused-ring (bicyclic) bond motifs is 5. The number of nitrogens with zero attached hydrogens (tertiary/aromatic N) is 2. The van der Waals surface area contributed by atoms with Crippen LogP contribution in [-0.4, -0.2) is 16.7 Å². The minimum absolute atomic E-state index is 0.0663. The minimum atomic E-state index is -1.66. The Morgan fingerprint density at radius 2 is 1.45 bits per heavy atom. The van der Waals surface area contributed by atoms with Gasteiger partial charge in [-0.15, -0.1) is 0 Å². The molecule has 0 saturated heterocycles. The summed E-state index contributed by atoms with van der Waals surface area (Å²) in [6, 6.07) is 27.0. The quantitative estimate of drug-likeness (QED) is 0.255. The summed E-state index contributed by atoms with van der Waals surface area (Å²) in [5.41, 5.74) is 5.59. The van der Waals surface area contributed by atoms with Gasteiger partial charge in [0.15, 0.2) is 11.0 Å². The number of para-hydroxylation sites is 1. The Morgan fingerprint density at radius 3 is 2.21 bits per heavy atom. The number of carbonyl (C=O) groups excluding carboxylic acids is 2. The maximum Gasteiger partial charge on any atom is 0.291 e. The van der Waals surface area contributed by atoms with E-state index in [9.17, 15) is 14.4 Å². The fraction of sp³-hybridized carbons (Fsp3) is 0.194. The van der Waals surface area contributed by atoms with Crippen LogP contribution in [0.3, 0.4) is 0 Å². The van der Waals surface area contributed by atoms with E-state index in [1.165, 1.54) is 0 Å². The van der Waals surface area contributed by atoms with Gasteiger partial charge in [0.1, 0.15) is 5.58 Å². The Bertz CT molecular complexity index is 2010. The first-order chi connectivity index (χ1) is 20.2. The molecular formula is C36H30N2O4. The summed E-state index contributed by atoms with van der Waals surface area (Å²) in [5, 5.41) is 0.364. The topological polar surface area (TPSA) is 70.8 Å². The molecule has 2 amide bonds. The van der Waals surface area contributed by atoms with Gasteiger partial charge in [0.25, 0.3) is 11.8 Å². The molecule has 0 bridgehead atoms. The largest absolute Gasteiger partial charge is 0.450 e. The predicted molar refractivity (Wildman–Crippen MR) is 163 cm³/mol. The van der Waals surface area contributed by atoms with Gasteiger partial charge in [-0.25, -0.2) is 0 Å². The summed E-state index contributed by atoms with van der Waals surface area (Å²) in [7, 11) is 0. The molecule has 1 unspecified atom stereocenters. The summed E-state index contributed by atoms with van der Waals surface area (Å²) < 4.78 is 6.28. The lowest BCUT2D eigenvalue weighted by Crippen LogP contribution is -2.52. The molecule has 0 fully saturated rings. The third-order valence-electron chi connectivity index (χ3n) is 8.74. The smallest absolute Gasteiger partial charge is 0.291 e. The lowest BCUT2D eigenvalue weighted by Gasteiger charge is -2.34. The van der Waals surface area contributed by atoms with E-state index in [1.807, 2.05) is 100 Å². The van der Waals surface area contributed by atoms with Crippen molar-refractivity contribution in [3.05, 3.63) is 145 Å². The molecule has 1 aromatic heterocycles. The van der Waals surface area contributed by atoms with Crippen LogP contribution >= 0.6 is 0 Å². The second-order valence-corrected chi connectivity index (χ2v) is 11.6. The third-order valence-corrected chi connectivity index (χ3v) is 8.74. The molecule has 0 saturated carbocycles. The van der Waals surface area contributed by atoms with Crippen molar-refractivity contribution >= 4 is 28.5 Å². The van der Waals surface area contributed by atoms with Gasteiger partial charge in [-0.2, -0.15) is 0 Å². The molecule has 208 valence electrons. The first-order valence-corrected chi connectivity index (χ1v) is 14.1. The number of aryl methyl sites for hydroxylation is 4.